The number of rotatable bonds is 9. The lowest BCUT2D eigenvalue weighted by Crippen LogP contribution is -1.97. The Balaban J connectivity index is 1.84. The molecule has 0 N–H and O–H groups in total. The van der Waals surface area contributed by atoms with Crippen molar-refractivity contribution in [2.24, 2.45) is 4.99 Å². The van der Waals surface area contributed by atoms with Crippen molar-refractivity contribution < 1.29 is 23.4 Å². The van der Waals surface area contributed by atoms with Crippen LogP contribution in [0.1, 0.15) is 18.1 Å². The van der Waals surface area contributed by atoms with E-state index in [1.807, 2.05) is 67.6 Å². The Labute approximate surface area is 224 Å². The van der Waals surface area contributed by atoms with Gasteiger partial charge in [0.25, 0.3) is 0 Å². The first-order chi connectivity index (χ1) is 18.0. The zero-order chi connectivity index (χ0) is 26.4. The van der Waals surface area contributed by atoms with Crippen LogP contribution in [0.2, 0.25) is 0 Å². The molecule has 8 heteroatoms. The molecule has 188 valence electrons. The minimum atomic E-state index is 0.197. The van der Waals surface area contributed by atoms with Crippen molar-refractivity contribution in [2.45, 2.75) is 6.92 Å². The minimum absolute atomic E-state index is 0.197. The van der Waals surface area contributed by atoms with Crippen LogP contribution >= 0.6 is 15.9 Å². The Morgan fingerprint density at radius 3 is 2.08 bits per heavy atom. The molecule has 1 heterocycles. The predicted octanol–water partition coefficient (Wildman–Crippen LogP) is 7.42. The number of hydrogen-bond donors (Lipinski definition) is 0. The molecule has 0 saturated heterocycles. The second-order valence-electron chi connectivity index (χ2n) is 7.78. The number of methoxy groups -OCH3 is 3. The van der Waals surface area contributed by atoms with Gasteiger partial charge in [0.2, 0.25) is 5.88 Å². The van der Waals surface area contributed by atoms with Crippen molar-refractivity contribution in [2.75, 3.05) is 27.9 Å². The van der Waals surface area contributed by atoms with Crippen LogP contribution < -0.4 is 18.9 Å². The molecule has 7 nitrogen and oxygen atoms in total. The van der Waals surface area contributed by atoms with Gasteiger partial charge < -0.3 is 23.4 Å². The average Bonchev–Trinajstić information content (AvgIpc) is 3.31. The van der Waals surface area contributed by atoms with Gasteiger partial charge in [-0.25, -0.2) is 4.99 Å². The van der Waals surface area contributed by atoms with Crippen LogP contribution in [0.4, 0.5) is 5.88 Å². The van der Waals surface area contributed by atoms with Crippen LogP contribution in [0.5, 0.6) is 23.0 Å². The molecule has 4 aromatic rings. The first-order valence-electron chi connectivity index (χ1n) is 11.4. The smallest absolute Gasteiger partial charge is 0.238 e. The fourth-order valence-corrected chi connectivity index (χ4v) is 4.40. The molecule has 0 fully saturated rings. The number of nitrogens with zero attached hydrogens (tertiary/aromatic N) is 2. The third kappa shape index (κ3) is 5.47. The Bertz CT molecular complexity index is 1450. The maximum Gasteiger partial charge on any atom is 0.238 e. The van der Waals surface area contributed by atoms with E-state index in [-0.39, 0.29) is 5.88 Å². The summed E-state index contributed by atoms with van der Waals surface area (Å²) in [6, 6.07) is 20.9. The van der Waals surface area contributed by atoms with E-state index in [4.69, 9.17) is 23.4 Å². The molecular formula is C29H25BrN2O5. The number of nitriles is 1. The summed E-state index contributed by atoms with van der Waals surface area (Å²) in [5, 5.41) is 10.2. The highest BCUT2D eigenvalue weighted by atomic mass is 79.9. The number of benzene rings is 3. The van der Waals surface area contributed by atoms with E-state index in [1.54, 1.807) is 27.5 Å². The Morgan fingerprint density at radius 1 is 0.919 bits per heavy atom. The Hall–Kier alpha value is -4.22. The number of ether oxygens (including phenoxy) is 4. The Morgan fingerprint density at radius 2 is 1.54 bits per heavy atom. The van der Waals surface area contributed by atoms with E-state index in [0.29, 0.717) is 40.7 Å². The van der Waals surface area contributed by atoms with Crippen molar-refractivity contribution in [3.63, 3.8) is 0 Å². The fraction of sp³-hybridized carbons (Fsp3) is 0.172. The second kappa shape index (κ2) is 11.7. The van der Waals surface area contributed by atoms with E-state index in [1.165, 1.54) is 0 Å². The van der Waals surface area contributed by atoms with Crippen LogP contribution in [0.3, 0.4) is 0 Å². The maximum absolute atomic E-state index is 10.2. The first kappa shape index (κ1) is 25.9. The topological polar surface area (TPSA) is 86.2 Å². The molecule has 0 aliphatic carbocycles. The van der Waals surface area contributed by atoms with Gasteiger partial charge in [0, 0.05) is 17.3 Å². The van der Waals surface area contributed by atoms with E-state index < -0.39 is 0 Å². The zero-order valence-electron chi connectivity index (χ0n) is 20.9. The van der Waals surface area contributed by atoms with E-state index in [2.05, 4.69) is 27.0 Å². The fourth-order valence-electron chi connectivity index (χ4n) is 3.82. The normalized spacial score (nSPS) is 10.8. The predicted molar refractivity (Wildman–Crippen MR) is 147 cm³/mol. The molecule has 0 aliphatic heterocycles. The van der Waals surface area contributed by atoms with Gasteiger partial charge in [-0.3, -0.25) is 0 Å². The maximum atomic E-state index is 10.2. The molecule has 4 rings (SSSR count). The summed E-state index contributed by atoms with van der Waals surface area (Å²) in [5.41, 5.74) is 3.30. The highest BCUT2D eigenvalue weighted by Gasteiger charge is 2.23. The van der Waals surface area contributed by atoms with Crippen molar-refractivity contribution >= 4 is 28.0 Å². The highest BCUT2D eigenvalue weighted by molar-refractivity contribution is 9.10. The SMILES string of the molecule is CCOc1c(Br)cc(C=Nc2oc(-c3ccc(OC)cc3)c(-c3ccc(OC)cc3)c2C#N)cc1OC. The van der Waals surface area contributed by atoms with E-state index in [0.717, 1.165) is 26.9 Å². The lowest BCUT2D eigenvalue weighted by atomic mass is 9.98. The van der Waals surface area contributed by atoms with Gasteiger partial charge in [0.15, 0.2) is 11.5 Å². The quantitative estimate of drug-likeness (QED) is 0.198. The summed E-state index contributed by atoms with van der Waals surface area (Å²) in [7, 11) is 4.80. The summed E-state index contributed by atoms with van der Waals surface area (Å²) in [5.74, 6) is 3.34. The van der Waals surface area contributed by atoms with E-state index in [9.17, 15) is 5.26 Å². The van der Waals surface area contributed by atoms with Crippen LogP contribution in [-0.4, -0.2) is 34.2 Å². The number of hydrogen-bond acceptors (Lipinski definition) is 7. The van der Waals surface area contributed by atoms with Gasteiger partial charge in [0.05, 0.1) is 32.4 Å². The third-order valence-corrected chi connectivity index (χ3v) is 6.19. The molecule has 0 spiro atoms. The van der Waals surface area contributed by atoms with Crippen molar-refractivity contribution in [3.05, 3.63) is 76.3 Å². The lowest BCUT2D eigenvalue weighted by molar-refractivity contribution is 0.309. The number of furan rings is 1. The van der Waals surface area contributed by atoms with Gasteiger partial charge in [-0.1, -0.05) is 12.1 Å². The molecule has 0 bridgehead atoms. The summed E-state index contributed by atoms with van der Waals surface area (Å²) in [4.78, 5) is 4.56. The monoisotopic (exact) mass is 560 g/mol. The van der Waals surface area contributed by atoms with Gasteiger partial charge in [0.1, 0.15) is 28.9 Å². The van der Waals surface area contributed by atoms with Crippen molar-refractivity contribution in [1.29, 1.82) is 5.26 Å². The standard InChI is InChI=1S/C29H25BrN2O5/c1-5-36-28-24(30)14-18(15-25(28)35-4)17-32-29-23(16-31)26(19-6-10-21(33-2)11-7-19)27(37-29)20-8-12-22(34-3)13-9-20/h6-15,17H,5H2,1-4H3. The zero-order valence-corrected chi connectivity index (χ0v) is 22.5. The number of aliphatic imine (C=N–C) groups is 1. The highest BCUT2D eigenvalue weighted by Crippen LogP contribution is 2.43. The molecule has 0 atom stereocenters. The van der Waals surface area contributed by atoms with Gasteiger partial charge in [-0.2, -0.15) is 5.26 Å². The summed E-state index contributed by atoms with van der Waals surface area (Å²) < 4.78 is 28.7. The molecule has 37 heavy (non-hydrogen) atoms. The lowest BCUT2D eigenvalue weighted by Gasteiger charge is -2.11. The van der Waals surface area contributed by atoms with Crippen LogP contribution in [0.25, 0.3) is 22.5 Å². The molecule has 0 aliphatic rings. The average molecular weight is 561 g/mol. The van der Waals surface area contributed by atoms with Crippen LogP contribution in [-0.2, 0) is 0 Å². The molecule has 0 saturated carbocycles. The number of halogens is 1. The second-order valence-corrected chi connectivity index (χ2v) is 8.63. The van der Waals surface area contributed by atoms with Crippen molar-refractivity contribution in [1.82, 2.24) is 0 Å². The molecular weight excluding hydrogens is 536 g/mol. The molecule has 1 aromatic heterocycles. The van der Waals surface area contributed by atoms with Crippen LogP contribution in [0, 0.1) is 11.3 Å². The van der Waals surface area contributed by atoms with Crippen molar-refractivity contribution in [3.8, 4) is 51.5 Å². The third-order valence-electron chi connectivity index (χ3n) is 5.60. The molecule has 3 aromatic carbocycles. The van der Waals surface area contributed by atoms with Gasteiger partial charge in [-0.05, 0) is 82.5 Å². The first-order valence-corrected chi connectivity index (χ1v) is 12.2. The van der Waals surface area contributed by atoms with Gasteiger partial charge in [-0.15, -0.1) is 0 Å². The summed E-state index contributed by atoms with van der Waals surface area (Å²) in [6.45, 7) is 2.41. The van der Waals surface area contributed by atoms with Crippen LogP contribution in [0.15, 0.2) is 74.5 Å². The minimum Gasteiger partial charge on any atom is -0.497 e. The Kier molecular flexibility index (Phi) is 8.16. The summed E-state index contributed by atoms with van der Waals surface area (Å²) in [6.07, 6.45) is 1.62. The molecule has 0 amide bonds. The summed E-state index contributed by atoms with van der Waals surface area (Å²) >= 11 is 3.53. The van der Waals surface area contributed by atoms with E-state index >= 15 is 0 Å². The molecule has 0 radical (unpaired) electrons. The van der Waals surface area contributed by atoms with Gasteiger partial charge >= 0.3 is 0 Å². The molecule has 0 unspecified atom stereocenters. The largest absolute Gasteiger partial charge is 0.497 e.